The molecule has 0 atom stereocenters. The molecular formula is C15H14N2O2. The standard InChI is InChI=1S/C15H14N2O2/c18-15(16-12-6-2-1-3-7-12)17-13-8-4-5-11-9-10-19-14(11)13/h1-8H,9-10H2,(H2,16,17,18). The van der Waals surface area contributed by atoms with Gasteiger partial charge in [-0.3, -0.25) is 0 Å². The van der Waals surface area contributed by atoms with Gasteiger partial charge in [-0.2, -0.15) is 0 Å². The lowest BCUT2D eigenvalue weighted by molar-refractivity contribution is 0.262. The Morgan fingerprint density at radius 3 is 2.68 bits per heavy atom. The van der Waals surface area contributed by atoms with Gasteiger partial charge < -0.3 is 15.4 Å². The van der Waals surface area contributed by atoms with E-state index in [1.54, 1.807) is 0 Å². The molecule has 0 fully saturated rings. The summed E-state index contributed by atoms with van der Waals surface area (Å²) in [5.74, 6) is 0.783. The summed E-state index contributed by atoms with van der Waals surface area (Å²) < 4.78 is 5.54. The zero-order chi connectivity index (χ0) is 13.1. The topological polar surface area (TPSA) is 50.4 Å². The highest BCUT2D eigenvalue weighted by Gasteiger charge is 2.17. The third-order valence-electron chi connectivity index (χ3n) is 2.99. The minimum atomic E-state index is -0.268. The fraction of sp³-hybridized carbons (Fsp3) is 0.133. The van der Waals surface area contributed by atoms with Crippen LogP contribution in [0.4, 0.5) is 16.2 Å². The largest absolute Gasteiger partial charge is 0.491 e. The molecule has 0 saturated heterocycles. The Balaban J connectivity index is 1.72. The number of ether oxygens (including phenoxy) is 1. The number of nitrogens with one attached hydrogen (secondary N) is 2. The first-order valence-corrected chi connectivity index (χ1v) is 6.21. The summed E-state index contributed by atoms with van der Waals surface area (Å²) in [7, 11) is 0. The number of urea groups is 1. The summed E-state index contributed by atoms with van der Waals surface area (Å²) in [6.07, 6.45) is 0.894. The van der Waals surface area contributed by atoms with E-state index >= 15 is 0 Å². The maximum atomic E-state index is 11.9. The molecule has 3 rings (SSSR count). The molecule has 96 valence electrons. The smallest absolute Gasteiger partial charge is 0.323 e. The Morgan fingerprint density at radius 1 is 1.00 bits per heavy atom. The number of para-hydroxylation sites is 2. The number of hydrogen-bond acceptors (Lipinski definition) is 2. The van der Waals surface area contributed by atoms with Gasteiger partial charge >= 0.3 is 6.03 Å². The van der Waals surface area contributed by atoms with Crippen molar-refractivity contribution in [3.63, 3.8) is 0 Å². The minimum absolute atomic E-state index is 0.268. The molecule has 1 heterocycles. The van der Waals surface area contributed by atoms with E-state index in [-0.39, 0.29) is 6.03 Å². The second-order valence-electron chi connectivity index (χ2n) is 4.34. The normalized spacial score (nSPS) is 12.4. The molecular weight excluding hydrogens is 240 g/mol. The average molecular weight is 254 g/mol. The summed E-state index contributed by atoms with van der Waals surface area (Å²) in [6, 6.07) is 14.8. The molecule has 0 radical (unpaired) electrons. The SMILES string of the molecule is O=C(Nc1ccccc1)Nc1cccc2c1OCC2. The molecule has 0 aliphatic carbocycles. The Hall–Kier alpha value is -2.49. The zero-order valence-electron chi connectivity index (χ0n) is 10.3. The third-order valence-corrected chi connectivity index (χ3v) is 2.99. The van der Waals surface area contributed by atoms with E-state index in [4.69, 9.17) is 4.74 Å². The van der Waals surface area contributed by atoms with Gasteiger partial charge in [-0.25, -0.2) is 4.79 Å². The second kappa shape index (κ2) is 5.02. The van der Waals surface area contributed by atoms with Crippen LogP contribution >= 0.6 is 0 Å². The van der Waals surface area contributed by atoms with Crippen LogP contribution in [0.25, 0.3) is 0 Å². The Bertz CT molecular complexity index is 596. The molecule has 1 aliphatic heterocycles. The van der Waals surface area contributed by atoms with E-state index in [9.17, 15) is 4.79 Å². The second-order valence-corrected chi connectivity index (χ2v) is 4.34. The lowest BCUT2D eigenvalue weighted by Gasteiger charge is -2.10. The first-order chi connectivity index (χ1) is 9.33. The van der Waals surface area contributed by atoms with Gasteiger partial charge in [0.15, 0.2) is 0 Å². The molecule has 2 N–H and O–H groups in total. The van der Waals surface area contributed by atoms with Crippen molar-refractivity contribution in [2.24, 2.45) is 0 Å². The molecule has 0 saturated carbocycles. The monoisotopic (exact) mass is 254 g/mol. The van der Waals surface area contributed by atoms with E-state index in [2.05, 4.69) is 10.6 Å². The van der Waals surface area contributed by atoms with Gasteiger partial charge in [-0.15, -0.1) is 0 Å². The predicted molar refractivity (Wildman–Crippen MR) is 74.7 cm³/mol. The van der Waals surface area contributed by atoms with Crippen molar-refractivity contribution >= 4 is 17.4 Å². The first-order valence-electron chi connectivity index (χ1n) is 6.21. The van der Waals surface area contributed by atoms with Crippen LogP contribution in [0.2, 0.25) is 0 Å². The van der Waals surface area contributed by atoms with Crippen LogP contribution in [-0.2, 0) is 6.42 Å². The lowest BCUT2D eigenvalue weighted by Crippen LogP contribution is -2.19. The van der Waals surface area contributed by atoms with Gasteiger partial charge in [0, 0.05) is 12.1 Å². The minimum Gasteiger partial charge on any atom is -0.491 e. The highest BCUT2D eigenvalue weighted by Crippen LogP contribution is 2.33. The zero-order valence-corrected chi connectivity index (χ0v) is 10.3. The summed E-state index contributed by atoms with van der Waals surface area (Å²) in [4.78, 5) is 11.9. The van der Waals surface area contributed by atoms with Crippen LogP contribution in [0, 0.1) is 0 Å². The van der Waals surface area contributed by atoms with E-state index in [1.807, 2.05) is 48.5 Å². The fourth-order valence-corrected chi connectivity index (χ4v) is 2.12. The van der Waals surface area contributed by atoms with Crippen LogP contribution < -0.4 is 15.4 Å². The maximum Gasteiger partial charge on any atom is 0.323 e. The number of carbonyl (C=O) groups excluding carboxylic acids is 1. The van der Waals surface area contributed by atoms with Crippen LogP contribution in [0.15, 0.2) is 48.5 Å². The molecule has 2 amide bonds. The summed E-state index contributed by atoms with van der Waals surface area (Å²) in [5.41, 5.74) is 2.61. The van der Waals surface area contributed by atoms with Gasteiger partial charge in [-0.05, 0) is 23.8 Å². The molecule has 19 heavy (non-hydrogen) atoms. The number of benzene rings is 2. The lowest BCUT2D eigenvalue weighted by atomic mass is 10.1. The maximum absolute atomic E-state index is 11.9. The molecule has 0 unspecified atom stereocenters. The van der Waals surface area contributed by atoms with Crippen molar-refractivity contribution in [1.29, 1.82) is 0 Å². The molecule has 2 aromatic rings. The molecule has 4 heteroatoms. The van der Waals surface area contributed by atoms with Crippen LogP contribution in [-0.4, -0.2) is 12.6 Å². The number of anilines is 2. The molecule has 1 aliphatic rings. The molecule has 4 nitrogen and oxygen atoms in total. The van der Waals surface area contributed by atoms with Gasteiger partial charge in [0.05, 0.1) is 12.3 Å². The Morgan fingerprint density at radius 2 is 1.84 bits per heavy atom. The summed E-state index contributed by atoms with van der Waals surface area (Å²) >= 11 is 0. The van der Waals surface area contributed by atoms with Gasteiger partial charge in [0.1, 0.15) is 5.75 Å². The van der Waals surface area contributed by atoms with Gasteiger partial charge in [0.25, 0.3) is 0 Å². The van der Waals surface area contributed by atoms with E-state index in [0.29, 0.717) is 12.3 Å². The predicted octanol–water partition coefficient (Wildman–Crippen LogP) is 3.27. The highest BCUT2D eigenvalue weighted by atomic mass is 16.5. The number of fused-ring (bicyclic) bond motifs is 1. The van der Waals surface area contributed by atoms with Gasteiger partial charge in [-0.1, -0.05) is 30.3 Å². The number of hydrogen-bond donors (Lipinski definition) is 2. The number of amides is 2. The molecule has 0 spiro atoms. The van der Waals surface area contributed by atoms with Crippen LogP contribution in [0.1, 0.15) is 5.56 Å². The van der Waals surface area contributed by atoms with Gasteiger partial charge in [0.2, 0.25) is 0 Å². The fourth-order valence-electron chi connectivity index (χ4n) is 2.12. The Labute approximate surface area is 111 Å². The average Bonchev–Trinajstić information content (AvgIpc) is 2.89. The Kier molecular flexibility index (Phi) is 3.06. The quantitative estimate of drug-likeness (QED) is 0.864. The van der Waals surface area contributed by atoms with Crippen molar-refractivity contribution < 1.29 is 9.53 Å². The highest BCUT2D eigenvalue weighted by molar-refractivity contribution is 6.00. The number of rotatable bonds is 2. The van der Waals surface area contributed by atoms with Crippen molar-refractivity contribution in [2.75, 3.05) is 17.2 Å². The first kappa shape index (κ1) is 11.6. The molecule has 0 bridgehead atoms. The van der Waals surface area contributed by atoms with Crippen LogP contribution in [0.5, 0.6) is 5.75 Å². The summed E-state index contributed by atoms with van der Waals surface area (Å²) in [5, 5.41) is 5.59. The van der Waals surface area contributed by atoms with E-state index < -0.39 is 0 Å². The van der Waals surface area contributed by atoms with E-state index in [1.165, 1.54) is 0 Å². The number of carbonyl (C=O) groups is 1. The van der Waals surface area contributed by atoms with Crippen molar-refractivity contribution in [3.05, 3.63) is 54.1 Å². The molecule has 2 aromatic carbocycles. The van der Waals surface area contributed by atoms with Crippen molar-refractivity contribution in [3.8, 4) is 5.75 Å². The van der Waals surface area contributed by atoms with Crippen LogP contribution in [0.3, 0.4) is 0 Å². The van der Waals surface area contributed by atoms with Crippen molar-refractivity contribution in [1.82, 2.24) is 0 Å². The third kappa shape index (κ3) is 2.52. The van der Waals surface area contributed by atoms with E-state index in [0.717, 1.165) is 23.4 Å². The summed E-state index contributed by atoms with van der Waals surface area (Å²) in [6.45, 7) is 0.675. The molecule has 0 aromatic heterocycles. The van der Waals surface area contributed by atoms with Crippen molar-refractivity contribution in [2.45, 2.75) is 6.42 Å².